The molecule has 3 aromatic heterocycles. The topological polar surface area (TPSA) is 96.8 Å². The van der Waals surface area contributed by atoms with Crippen molar-refractivity contribution in [3.8, 4) is 0 Å². The van der Waals surface area contributed by atoms with Crippen LogP contribution in [0.1, 0.15) is 28.1 Å². The first-order valence-corrected chi connectivity index (χ1v) is 10.1. The molecule has 30 heavy (non-hydrogen) atoms. The molecule has 0 saturated heterocycles. The van der Waals surface area contributed by atoms with Crippen LogP contribution in [0.5, 0.6) is 0 Å². The molecule has 0 fully saturated rings. The number of hydrogen-bond acceptors (Lipinski definition) is 7. The molecule has 1 atom stereocenters. The number of carbonyl (C=O) groups is 2. The summed E-state index contributed by atoms with van der Waals surface area (Å²) in [5, 5.41) is 11.5. The second-order valence-corrected chi connectivity index (χ2v) is 8.15. The van der Waals surface area contributed by atoms with Crippen molar-refractivity contribution >= 4 is 50.0 Å². The summed E-state index contributed by atoms with van der Waals surface area (Å²) < 4.78 is 11.7. The zero-order valence-corrected chi connectivity index (χ0v) is 17.0. The third-order valence-corrected chi connectivity index (χ3v) is 6.03. The molecule has 0 radical (unpaired) electrons. The maximum Gasteiger partial charge on any atom is 0.296 e. The maximum atomic E-state index is 13.1. The highest BCUT2D eigenvalue weighted by atomic mass is 35.5. The first-order chi connectivity index (χ1) is 14.4. The lowest BCUT2D eigenvalue weighted by Gasteiger charge is -2.21. The Hall–Kier alpha value is -3.36. The Labute approximate surface area is 178 Å². The number of furan rings is 2. The Bertz CT molecular complexity index is 1330. The van der Waals surface area contributed by atoms with Crippen molar-refractivity contribution in [2.75, 3.05) is 4.90 Å². The van der Waals surface area contributed by atoms with Crippen LogP contribution in [0.3, 0.4) is 0 Å². The number of amides is 1. The number of anilines is 1. The third kappa shape index (κ3) is 2.84. The van der Waals surface area contributed by atoms with Gasteiger partial charge in [-0.2, -0.15) is 0 Å². The first kappa shape index (κ1) is 18.7. The number of aryl methyl sites for hydroxylation is 1. The van der Waals surface area contributed by atoms with E-state index in [4.69, 9.17) is 20.4 Å². The number of aliphatic hydroxyl groups excluding tert-OH is 1. The second-order valence-electron chi connectivity index (χ2n) is 6.70. The molecule has 1 N–H and O–H groups in total. The molecule has 1 aliphatic heterocycles. The first-order valence-electron chi connectivity index (χ1n) is 8.91. The molecular formula is C21H13ClN2O5S. The molecule has 150 valence electrons. The monoisotopic (exact) mass is 440 g/mol. The maximum absolute atomic E-state index is 13.1. The number of aliphatic hydroxyl groups is 1. The van der Waals surface area contributed by atoms with Crippen LogP contribution in [-0.2, 0) is 4.79 Å². The van der Waals surface area contributed by atoms with Crippen molar-refractivity contribution in [1.82, 2.24) is 4.98 Å². The van der Waals surface area contributed by atoms with Crippen LogP contribution >= 0.6 is 22.9 Å². The van der Waals surface area contributed by atoms with Crippen molar-refractivity contribution in [2.24, 2.45) is 0 Å². The molecule has 4 heterocycles. The molecule has 0 bridgehead atoms. The average Bonchev–Trinajstić information content (AvgIpc) is 3.49. The highest BCUT2D eigenvalue weighted by Gasteiger charge is 2.47. The summed E-state index contributed by atoms with van der Waals surface area (Å²) in [6.45, 7) is 1.75. The summed E-state index contributed by atoms with van der Waals surface area (Å²) in [5.74, 6) is -1.06. The van der Waals surface area contributed by atoms with Gasteiger partial charge in [0.15, 0.2) is 16.7 Å². The van der Waals surface area contributed by atoms with E-state index in [1.165, 1.54) is 28.6 Å². The Kier molecular flexibility index (Phi) is 4.27. The van der Waals surface area contributed by atoms with Crippen molar-refractivity contribution in [2.45, 2.75) is 13.0 Å². The van der Waals surface area contributed by atoms with Crippen LogP contribution < -0.4 is 4.90 Å². The molecule has 4 aromatic rings. The number of carbonyl (C=O) groups excluding carboxylic acids is 2. The minimum Gasteiger partial charge on any atom is -0.503 e. The second kappa shape index (κ2) is 6.86. The van der Waals surface area contributed by atoms with Crippen molar-refractivity contribution in [1.29, 1.82) is 0 Å². The molecule has 1 unspecified atom stereocenters. The summed E-state index contributed by atoms with van der Waals surface area (Å²) in [6, 6.07) is 10.6. The van der Waals surface area contributed by atoms with Gasteiger partial charge in [-0.3, -0.25) is 14.5 Å². The third-order valence-electron chi connectivity index (χ3n) is 4.77. The lowest BCUT2D eigenvalue weighted by molar-refractivity contribution is -0.117. The van der Waals surface area contributed by atoms with Crippen LogP contribution in [0.15, 0.2) is 68.9 Å². The van der Waals surface area contributed by atoms with Gasteiger partial charge in [0.2, 0.25) is 5.78 Å². The Morgan fingerprint density at radius 2 is 2.10 bits per heavy atom. The van der Waals surface area contributed by atoms with Crippen LogP contribution in [0.4, 0.5) is 5.13 Å². The highest BCUT2D eigenvalue weighted by molar-refractivity contribution is 7.22. The number of rotatable bonds is 4. The smallest absolute Gasteiger partial charge is 0.296 e. The van der Waals surface area contributed by atoms with Gasteiger partial charge in [-0.05, 0) is 49.4 Å². The van der Waals surface area contributed by atoms with Crippen molar-refractivity contribution in [3.05, 3.63) is 82.4 Å². The quantitative estimate of drug-likeness (QED) is 0.436. The van der Waals surface area contributed by atoms with Gasteiger partial charge in [-0.1, -0.05) is 22.9 Å². The number of hydrogen-bond donors (Lipinski definition) is 1. The molecule has 1 aromatic carbocycles. The van der Waals surface area contributed by atoms with E-state index < -0.39 is 23.5 Å². The van der Waals surface area contributed by atoms with E-state index in [2.05, 4.69) is 4.98 Å². The number of benzene rings is 1. The lowest BCUT2D eigenvalue weighted by atomic mass is 10.00. The fourth-order valence-electron chi connectivity index (χ4n) is 3.43. The van der Waals surface area contributed by atoms with Gasteiger partial charge in [0.1, 0.15) is 17.6 Å². The average molecular weight is 441 g/mol. The predicted octanol–water partition coefficient (Wildman–Crippen LogP) is 5.23. The summed E-state index contributed by atoms with van der Waals surface area (Å²) in [6.07, 6.45) is 1.35. The Balaban J connectivity index is 1.68. The van der Waals surface area contributed by atoms with E-state index in [1.54, 1.807) is 43.3 Å². The number of ketones is 1. The molecule has 1 amide bonds. The Morgan fingerprint density at radius 3 is 2.80 bits per heavy atom. The fraction of sp³-hybridized carbons (Fsp3) is 0.0952. The standard InChI is InChI=1S/C21H13ClN2O5S/c1-10-4-7-13(29-10)17-16(18(25)14-3-2-8-28-14)19(26)20(27)24(17)21-23-12-6-5-11(22)9-15(12)30-21/h2-9,17,26H,1H3. The van der Waals surface area contributed by atoms with Crippen LogP contribution in [0.25, 0.3) is 10.2 Å². The van der Waals surface area contributed by atoms with Gasteiger partial charge in [0.25, 0.3) is 5.91 Å². The van der Waals surface area contributed by atoms with Gasteiger partial charge in [-0.15, -0.1) is 0 Å². The number of nitrogens with zero attached hydrogens (tertiary/aromatic N) is 2. The molecule has 1 aliphatic rings. The van der Waals surface area contributed by atoms with E-state index in [0.29, 0.717) is 27.2 Å². The van der Waals surface area contributed by atoms with E-state index in [1.807, 2.05) is 0 Å². The zero-order valence-electron chi connectivity index (χ0n) is 15.5. The summed E-state index contributed by atoms with van der Waals surface area (Å²) >= 11 is 7.29. The molecule has 9 heteroatoms. The van der Waals surface area contributed by atoms with E-state index in [0.717, 1.165) is 4.70 Å². The predicted molar refractivity (Wildman–Crippen MR) is 111 cm³/mol. The van der Waals surface area contributed by atoms with Crippen molar-refractivity contribution < 1.29 is 23.5 Å². The number of thiazole rings is 1. The summed E-state index contributed by atoms with van der Waals surface area (Å²) in [4.78, 5) is 31.9. The van der Waals surface area contributed by atoms with Gasteiger partial charge >= 0.3 is 0 Å². The van der Waals surface area contributed by atoms with Gasteiger partial charge in [0.05, 0.1) is 22.1 Å². The summed E-state index contributed by atoms with van der Waals surface area (Å²) in [5.41, 5.74) is 0.522. The molecular weight excluding hydrogens is 428 g/mol. The molecule has 0 aliphatic carbocycles. The van der Waals surface area contributed by atoms with Crippen LogP contribution in [-0.4, -0.2) is 21.8 Å². The summed E-state index contributed by atoms with van der Waals surface area (Å²) in [7, 11) is 0. The Morgan fingerprint density at radius 1 is 1.27 bits per heavy atom. The van der Waals surface area contributed by atoms with Gasteiger partial charge in [0, 0.05) is 5.02 Å². The van der Waals surface area contributed by atoms with E-state index >= 15 is 0 Å². The fourth-order valence-corrected chi connectivity index (χ4v) is 4.70. The largest absolute Gasteiger partial charge is 0.503 e. The lowest BCUT2D eigenvalue weighted by Crippen LogP contribution is -2.30. The molecule has 5 rings (SSSR count). The normalized spacial score (nSPS) is 16.8. The minimum atomic E-state index is -0.986. The zero-order chi connectivity index (χ0) is 21.0. The SMILES string of the molecule is Cc1ccc(C2C(C(=O)c3ccco3)=C(O)C(=O)N2c2nc3ccc(Cl)cc3s2)o1. The van der Waals surface area contributed by atoms with E-state index in [-0.39, 0.29) is 11.3 Å². The van der Waals surface area contributed by atoms with Crippen LogP contribution in [0.2, 0.25) is 5.02 Å². The number of aromatic nitrogens is 1. The molecule has 0 spiro atoms. The number of Topliss-reactive ketones (excluding diaryl/α,β-unsaturated/α-hetero) is 1. The number of fused-ring (bicyclic) bond motifs is 1. The minimum absolute atomic E-state index is 0.00978. The molecule has 7 nitrogen and oxygen atoms in total. The van der Waals surface area contributed by atoms with Crippen molar-refractivity contribution in [3.63, 3.8) is 0 Å². The van der Waals surface area contributed by atoms with Crippen LogP contribution in [0, 0.1) is 6.92 Å². The molecule has 0 saturated carbocycles. The highest BCUT2D eigenvalue weighted by Crippen LogP contribution is 2.44. The van der Waals surface area contributed by atoms with Gasteiger partial charge < -0.3 is 13.9 Å². The van der Waals surface area contributed by atoms with Gasteiger partial charge in [-0.25, -0.2) is 4.98 Å². The van der Waals surface area contributed by atoms with E-state index in [9.17, 15) is 14.7 Å². The number of halogens is 1.